The van der Waals surface area contributed by atoms with Crippen LogP contribution < -0.4 is 16.0 Å². The molecule has 3 aromatic rings. The maximum Gasteiger partial charge on any atom is 0.261 e. The second-order valence-corrected chi connectivity index (χ2v) is 4.97. The smallest absolute Gasteiger partial charge is 0.261 e. The van der Waals surface area contributed by atoms with Crippen LogP contribution in [-0.2, 0) is 6.54 Å². The number of nitrogens with zero attached hydrogens (tertiary/aromatic N) is 2. The zero-order valence-electron chi connectivity index (χ0n) is 12.3. The summed E-state index contributed by atoms with van der Waals surface area (Å²) in [7, 11) is 0. The summed E-state index contributed by atoms with van der Waals surface area (Å²) in [5.74, 6) is -0.146. The van der Waals surface area contributed by atoms with E-state index in [1.54, 1.807) is 42.5 Å². The van der Waals surface area contributed by atoms with E-state index in [0.29, 0.717) is 28.8 Å². The number of hydrogen-bond donors (Lipinski definition) is 1. The monoisotopic (exact) mass is 309 g/mol. The Morgan fingerprint density at radius 2 is 1.87 bits per heavy atom. The van der Waals surface area contributed by atoms with Crippen LogP contribution in [0.2, 0.25) is 0 Å². The van der Waals surface area contributed by atoms with Crippen molar-refractivity contribution in [2.24, 2.45) is 5.73 Å². The Kier molecular flexibility index (Phi) is 4.05. The van der Waals surface area contributed by atoms with Crippen molar-refractivity contribution in [3.8, 4) is 5.75 Å². The molecule has 0 unspecified atom stereocenters. The molecular weight excluding hydrogens is 294 g/mol. The van der Waals surface area contributed by atoms with Gasteiger partial charge in [0, 0.05) is 0 Å². The van der Waals surface area contributed by atoms with Gasteiger partial charge in [-0.25, -0.2) is 4.98 Å². The fraction of sp³-hybridized carbons (Fsp3) is 0.118. The summed E-state index contributed by atoms with van der Waals surface area (Å²) in [4.78, 5) is 27.9. The van der Waals surface area contributed by atoms with Crippen LogP contribution in [0.15, 0.2) is 59.7 Å². The van der Waals surface area contributed by atoms with Crippen molar-refractivity contribution < 1.29 is 9.53 Å². The van der Waals surface area contributed by atoms with Crippen LogP contribution in [-0.4, -0.2) is 22.1 Å². The molecule has 6 heteroatoms. The first-order valence-electron chi connectivity index (χ1n) is 7.12. The molecule has 116 valence electrons. The third-order valence-corrected chi connectivity index (χ3v) is 3.47. The third kappa shape index (κ3) is 3.06. The normalized spacial score (nSPS) is 10.6. The van der Waals surface area contributed by atoms with E-state index in [2.05, 4.69) is 4.98 Å². The van der Waals surface area contributed by atoms with Crippen molar-refractivity contribution in [2.45, 2.75) is 6.54 Å². The lowest BCUT2D eigenvalue weighted by Crippen LogP contribution is -2.24. The van der Waals surface area contributed by atoms with Crippen LogP contribution >= 0.6 is 0 Å². The average molecular weight is 309 g/mol. The van der Waals surface area contributed by atoms with Gasteiger partial charge in [0.15, 0.2) is 0 Å². The topological polar surface area (TPSA) is 87.2 Å². The Hall–Kier alpha value is -3.15. The first kappa shape index (κ1) is 14.8. The molecule has 2 aromatic carbocycles. The molecule has 0 aliphatic rings. The number of primary amides is 1. The van der Waals surface area contributed by atoms with Gasteiger partial charge >= 0.3 is 0 Å². The quantitative estimate of drug-likeness (QED) is 0.775. The lowest BCUT2D eigenvalue weighted by molar-refractivity contribution is 0.0996. The molecule has 0 fully saturated rings. The summed E-state index contributed by atoms with van der Waals surface area (Å²) >= 11 is 0. The molecule has 23 heavy (non-hydrogen) atoms. The van der Waals surface area contributed by atoms with E-state index in [9.17, 15) is 9.59 Å². The molecule has 1 aromatic heterocycles. The predicted octanol–water partition coefficient (Wildman–Crippen LogP) is 1.57. The molecule has 2 N–H and O–H groups in total. The van der Waals surface area contributed by atoms with Gasteiger partial charge in [-0.15, -0.1) is 0 Å². The molecule has 6 nitrogen and oxygen atoms in total. The highest BCUT2D eigenvalue weighted by atomic mass is 16.5. The maximum atomic E-state index is 12.3. The highest BCUT2D eigenvalue weighted by Crippen LogP contribution is 2.17. The maximum absolute atomic E-state index is 12.3. The molecule has 3 rings (SSSR count). The molecule has 0 bridgehead atoms. The Labute approximate surface area is 132 Å². The van der Waals surface area contributed by atoms with Gasteiger partial charge in [-0.1, -0.05) is 24.3 Å². The second-order valence-electron chi connectivity index (χ2n) is 4.97. The zero-order chi connectivity index (χ0) is 16.2. The molecule has 0 saturated heterocycles. The number of ether oxygens (including phenoxy) is 1. The van der Waals surface area contributed by atoms with Crippen LogP contribution in [0.4, 0.5) is 0 Å². The summed E-state index contributed by atoms with van der Waals surface area (Å²) in [6.45, 7) is 0.550. The summed E-state index contributed by atoms with van der Waals surface area (Å²) in [6.07, 6.45) is 1.49. The Morgan fingerprint density at radius 1 is 1.13 bits per heavy atom. The van der Waals surface area contributed by atoms with Crippen molar-refractivity contribution >= 4 is 16.8 Å². The van der Waals surface area contributed by atoms with Gasteiger partial charge in [0.1, 0.15) is 12.4 Å². The van der Waals surface area contributed by atoms with Crippen molar-refractivity contribution in [3.05, 3.63) is 70.8 Å². The van der Waals surface area contributed by atoms with E-state index in [0.717, 1.165) is 0 Å². The molecule has 0 saturated carbocycles. The predicted molar refractivity (Wildman–Crippen MR) is 86.5 cm³/mol. The first-order valence-corrected chi connectivity index (χ1v) is 7.12. The van der Waals surface area contributed by atoms with Crippen LogP contribution in [0.3, 0.4) is 0 Å². The van der Waals surface area contributed by atoms with Crippen LogP contribution in [0, 0.1) is 0 Å². The highest BCUT2D eigenvalue weighted by molar-refractivity contribution is 5.95. The Balaban J connectivity index is 1.76. The molecule has 1 amide bonds. The SMILES string of the molecule is NC(=O)c1ccccc1OCCn1cnc2ccccc2c1=O. The second kappa shape index (κ2) is 6.31. The van der Waals surface area contributed by atoms with E-state index in [1.165, 1.54) is 10.9 Å². The number of rotatable bonds is 5. The van der Waals surface area contributed by atoms with Crippen LogP contribution in [0.25, 0.3) is 10.9 Å². The van der Waals surface area contributed by atoms with Gasteiger partial charge in [0.05, 0.1) is 29.3 Å². The minimum atomic E-state index is -0.551. The molecule has 1 heterocycles. The van der Waals surface area contributed by atoms with E-state index >= 15 is 0 Å². The van der Waals surface area contributed by atoms with E-state index < -0.39 is 5.91 Å². The van der Waals surface area contributed by atoms with E-state index in [1.807, 2.05) is 6.07 Å². The fourth-order valence-electron chi connectivity index (χ4n) is 2.32. The van der Waals surface area contributed by atoms with Crippen molar-refractivity contribution in [2.75, 3.05) is 6.61 Å². The summed E-state index contributed by atoms with van der Waals surface area (Å²) in [5, 5.41) is 0.563. The molecule has 0 aliphatic carbocycles. The first-order chi connectivity index (χ1) is 11.2. The number of fused-ring (bicyclic) bond motifs is 1. The summed E-state index contributed by atoms with van der Waals surface area (Å²) in [6, 6.07) is 13.9. The highest BCUT2D eigenvalue weighted by Gasteiger charge is 2.08. The van der Waals surface area contributed by atoms with Crippen LogP contribution in [0.5, 0.6) is 5.75 Å². The zero-order valence-corrected chi connectivity index (χ0v) is 12.3. The summed E-state index contributed by atoms with van der Waals surface area (Å²) in [5.41, 5.74) is 6.15. The lowest BCUT2D eigenvalue weighted by Gasteiger charge is -2.10. The number of amides is 1. The summed E-state index contributed by atoms with van der Waals surface area (Å²) < 4.78 is 7.06. The van der Waals surface area contributed by atoms with Gasteiger partial charge in [-0.3, -0.25) is 14.2 Å². The van der Waals surface area contributed by atoms with Gasteiger partial charge in [-0.05, 0) is 24.3 Å². The number of benzene rings is 2. The Bertz CT molecular complexity index is 918. The minimum Gasteiger partial charge on any atom is -0.491 e. The van der Waals surface area contributed by atoms with Crippen LogP contribution in [0.1, 0.15) is 10.4 Å². The molecule has 0 atom stereocenters. The van der Waals surface area contributed by atoms with Gasteiger partial charge < -0.3 is 10.5 Å². The third-order valence-electron chi connectivity index (χ3n) is 3.47. The largest absolute Gasteiger partial charge is 0.491 e. The number of carbonyl (C=O) groups excluding carboxylic acids is 1. The lowest BCUT2D eigenvalue weighted by atomic mass is 10.2. The van der Waals surface area contributed by atoms with Crippen molar-refractivity contribution in [1.82, 2.24) is 9.55 Å². The standard InChI is InChI=1S/C17H15N3O3/c18-16(21)13-6-2-4-8-15(13)23-10-9-20-11-19-14-7-3-1-5-12(14)17(20)22/h1-8,11H,9-10H2,(H2,18,21). The number of hydrogen-bond acceptors (Lipinski definition) is 4. The number of carbonyl (C=O) groups is 1. The molecule has 0 aliphatic heterocycles. The van der Waals surface area contributed by atoms with Crippen molar-refractivity contribution in [3.63, 3.8) is 0 Å². The van der Waals surface area contributed by atoms with Gasteiger partial charge in [0.25, 0.3) is 11.5 Å². The molecule has 0 spiro atoms. The van der Waals surface area contributed by atoms with Gasteiger partial charge in [0.2, 0.25) is 0 Å². The Morgan fingerprint density at radius 3 is 2.70 bits per heavy atom. The number of aromatic nitrogens is 2. The average Bonchev–Trinajstić information content (AvgIpc) is 2.57. The molecule has 0 radical (unpaired) electrons. The van der Waals surface area contributed by atoms with Gasteiger partial charge in [-0.2, -0.15) is 0 Å². The van der Waals surface area contributed by atoms with E-state index in [4.69, 9.17) is 10.5 Å². The number of para-hydroxylation sites is 2. The fourth-order valence-corrected chi connectivity index (χ4v) is 2.32. The minimum absolute atomic E-state index is 0.123. The van der Waals surface area contributed by atoms with Crippen molar-refractivity contribution in [1.29, 1.82) is 0 Å². The number of nitrogens with two attached hydrogens (primary N) is 1. The van der Waals surface area contributed by atoms with E-state index in [-0.39, 0.29) is 12.2 Å². The molecular formula is C17H15N3O3.